The van der Waals surface area contributed by atoms with E-state index in [4.69, 9.17) is 0 Å². The molecule has 5 atom stereocenters. The summed E-state index contributed by atoms with van der Waals surface area (Å²) in [6, 6.07) is 0.138. The van der Waals surface area contributed by atoms with Crippen molar-refractivity contribution in [2.24, 2.45) is 22.7 Å². The number of nitriles is 1. The van der Waals surface area contributed by atoms with E-state index in [-0.39, 0.29) is 23.8 Å². The number of amides is 3. The number of likely N-dealkylation sites (tertiary alicyclic amines) is 1. The number of carbonyl (C=O) groups is 3. The van der Waals surface area contributed by atoms with E-state index in [2.05, 4.69) is 21.4 Å². The third kappa shape index (κ3) is 4.77. The molecule has 2 aromatic heterocycles. The molecule has 1 aliphatic carbocycles. The van der Waals surface area contributed by atoms with Crippen molar-refractivity contribution in [3.8, 4) is 6.07 Å². The summed E-state index contributed by atoms with van der Waals surface area (Å²) in [7, 11) is 0. The summed E-state index contributed by atoms with van der Waals surface area (Å²) >= 11 is 0. The maximum atomic E-state index is 13.7. The van der Waals surface area contributed by atoms with E-state index >= 15 is 0 Å². The average Bonchev–Trinajstić information content (AvgIpc) is 3.16. The summed E-state index contributed by atoms with van der Waals surface area (Å²) in [5, 5.41) is 15.8. The zero-order chi connectivity index (χ0) is 28.2. The van der Waals surface area contributed by atoms with Crippen LogP contribution in [0.4, 0.5) is 13.2 Å². The van der Waals surface area contributed by atoms with Crippen LogP contribution < -0.4 is 10.6 Å². The zero-order valence-electron chi connectivity index (χ0n) is 21.6. The van der Waals surface area contributed by atoms with Crippen LogP contribution in [0.5, 0.6) is 0 Å². The van der Waals surface area contributed by atoms with Crippen molar-refractivity contribution in [3.63, 3.8) is 0 Å². The third-order valence-electron chi connectivity index (χ3n) is 7.72. The third-order valence-corrected chi connectivity index (χ3v) is 7.72. The first kappa shape index (κ1) is 27.3. The van der Waals surface area contributed by atoms with Crippen LogP contribution in [0, 0.1) is 34.0 Å². The molecule has 0 spiro atoms. The minimum Gasteiger partial charge on any atom is -0.336 e. The van der Waals surface area contributed by atoms with Gasteiger partial charge in [-0.05, 0) is 34.1 Å². The molecule has 1 saturated carbocycles. The molecule has 202 valence electrons. The molecule has 0 radical (unpaired) electrons. The first-order chi connectivity index (χ1) is 17.6. The summed E-state index contributed by atoms with van der Waals surface area (Å²) < 4.78 is 39.1. The average molecular weight is 531 g/mol. The number of pyridine rings is 2. The van der Waals surface area contributed by atoms with Gasteiger partial charge in [0.2, 0.25) is 11.8 Å². The summed E-state index contributed by atoms with van der Waals surface area (Å²) in [6.45, 7) is 8.69. The molecular formula is C26H29F3N6O3. The van der Waals surface area contributed by atoms with Crippen molar-refractivity contribution >= 4 is 28.5 Å². The van der Waals surface area contributed by atoms with Crippen LogP contribution >= 0.6 is 0 Å². The van der Waals surface area contributed by atoms with Crippen molar-refractivity contribution in [2.75, 3.05) is 6.54 Å². The number of piperidine rings is 1. The minimum absolute atomic E-state index is 0.0491. The molecule has 1 aliphatic heterocycles. The van der Waals surface area contributed by atoms with Crippen LogP contribution in [0.25, 0.3) is 10.8 Å². The Kier molecular flexibility index (Phi) is 6.62. The maximum absolute atomic E-state index is 13.7. The van der Waals surface area contributed by atoms with Crippen LogP contribution in [-0.4, -0.2) is 57.4 Å². The largest absolute Gasteiger partial charge is 0.471 e. The Morgan fingerprint density at radius 3 is 2.39 bits per heavy atom. The molecule has 1 saturated heterocycles. The fourth-order valence-electron chi connectivity index (χ4n) is 5.52. The molecule has 2 aliphatic rings. The Morgan fingerprint density at radius 2 is 1.79 bits per heavy atom. The van der Waals surface area contributed by atoms with Gasteiger partial charge < -0.3 is 15.5 Å². The Balaban J connectivity index is 1.63. The molecule has 9 nitrogen and oxygen atoms in total. The van der Waals surface area contributed by atoms with Gasteiger partial charge in [0.05, 0.1) is 6.07 Å². The molecule has 2 fully saturated rings. The summed E-state index contributed by atoms with van der Waals surface area (Å²) in [6.07, 6.45) is 1.02. The lowest BCUT2D eigenvalue weighted by molar-refractivity contribution is -0.176. The van der Waals surface area contributed by atoms with Gasteiger partial charge in [0.15, 0.2) is 0 Å². The van der Waals surface area contributed by atoms with Crippen molar-refractivity contribution in [1.82, 2.24) is 25.5 Å². The summed E-state index contributed by atoms with van der Waals surface area (Å²) in [5.41, 5.74) is -0.896. The zero-order valence-corrected chi connectivity index (χ0v) is 21.6. The number of alkyl halides is 3. The minimum atomic E-state index is -5.17. The van der Waals surface area contributed by atoms with E-state index in [1.807, 2.05) is 19.2 Å². The fourth-order valence-corrected chi connectivity index (χ4v) is 5.52. The second kappa shape index (κ2) is 9.22. The number of fused-ring (bicyclic) bond motifs is 2. The highest BCUT2D eigenvalue weighted by Crippen LogP contribution is 2.65. The summed E-state index contributed by atoms with van der Waals surface area (Å²) in [5.74, 6) is -3.89. The molecule has 0 bridgehead atoms. The molecule has 2 aromatic rings. The van der Waals surface area contributed by atoms with Gasteiger partial charge in [-0.15, -0.1) is 0 Å². The Labute approximate surface area is 217 Å². The second-order valence-electron chi connectivity index (χ2n) is 11.6. The topological polar surface area (TPSA) is 128 Å². The van der Waals surface area contributed by atoms with E-state index < -0.39 is 47.4 Å². The van der Waals surface area contributed by atoms with E-state index in [0.717, 1.165) is 0 Å². The quantitative estimate of drug-likeness (QED) is 0.612. The van der Waals surface area contributed by atoms with E-state index in [1.165, 1.54) is 31.9 Å². The lowest BCUT2D eigenvalue weighted by atomic mass is 9.85. The highest BCUT2D eigenvalue weighted by Gasteiger charge is 2.70. The van der Waals surface area contributed by atoms with Crippen LogP contribution in [0.3, 0.4) is 0 Å². The van der Waals surface area contributed by atoms with Gasteiger partial charge in [-0.3, -0.25) is 24.4 Å². The number of carbonyl (C=O) groups excluding carboxylic acids is 3. The fraction of sp³-hybridized carbons (Fsp3) is 0.538. The van der Waals surface area contributed by atoms with Crippen molar-refractivity contribution in [2.45, 2.75) is 58.9 Å². The number of nitrogens with one attached hydrogen (secondary N) is 2. The first-order valence-corrected chi connectivity index (χ1v) is 12.1. The standard InChI is InChI=1S/C26H29F3N6O3/c1-24(2,3)20(34-23(38)26(27,28)29)22(37)35-12-16-18(25(16,4)5)19(35)21(36)33-17(8-30)15-11-32-10-13-9-31-7-6-14(13)15/h6-7,9-11,16-20H,12H2,1-5H3,(H,33,36)(H,34,38)/t16-,17?,18-,19-,20+/m0/s1. The lowest BCUT2D eigenvalue weighted by Gasteiger charge is -2.37. The molecule has 1 unspecified atom stereocenters. The molecule has 0 aromatic carbocycles. The van der Waals surface area contributed by atoms with E-state index in [1.54, 1.807) is 24.7 Å². The lowest BCUT2D eigenvalue weighted by Crippen LogP contribution is -2.60. The van der Waals surface area contributed by atoms with Crippen molar-refractivity contribution < 1.29 is 27.6 Å². The van der Waals surface area contributed by atoms with Gasteiger partial charge in [-0.25, -0.2) is 0 Å². The van der Waals surface area contributed by atoms with Crippen LogP contribution in [0.1, 0.15) is 46.2 Å². The van der Waals surface area contributed by atoms with Crippen molar-refractivity contribution in [3.05, 3.63) is 36.4 Å². The van der Waals surface area contributed by atoms with Gasteiger partial charge in [-0.1, -0.05) is 34.6 Å². The van der Waals surface area contributed by atoms with Crippen LogP contribution in [0.15, 0.2) is 30.9 Å². The molecule has 3 amide bonds. The van der Waals surface area contributed by atoms with Gasteiger partial charge >= 0.3 is 12.1 Å². The Hall–Kier alpha value is -3.75. The smallest absolute Gasteiger partial charge is 0.336 e. The number of aromatic nitrogens is 2. The summed E-state index contributed by atoms with van der Waals surface area (Å²) in [4.78, 5) is 48.5. The molecule has 38 heavy (non-hydrogen) atoms. The highest BCUT2D eigenvalue weighted by atomic mass is 19.4. The van der Waals surface area contributed by atoms with E-state index in [9.17, 15) is 32.8 Å². The normalized spacial score (nSPS) is 23.7. The van der Waals surface area contributed by atoms with Crippen LogP contribution in [-0.2, 0) is 14.4 Å². The molecule has 4 rings (SSSR count). The number of halogens is 3. The highest BCUT2D eigenvalue weighted by molar-refractivity contribution is 5.95. The molecule has 3 heterocycles. The molecule has 12 heteroatoms. The van der Waals surface area contributed by atoms with Gasteiger partial charge in [0.1, 0.15) is 18.1 Å². The monoisotopic (exact) mass is 530 g/mol. The second-order valence-corrected chi connectivity index (χ2v) is 11.6. The van der Waals surface area contributed by atoms with Gasteiger partial charge in [-0.2, -0.15) is 18.4 Å². The number of hydrogen-bond acceptors (Lipinski definition) is 6. The van der Waals surface area contributed by atoms with Gasteiger partial charge in [0.25, 0.3) is 0 Å². The van der Waals surface area contributed by atoms with E-state index in [0.29, 0.717) is 16.3 Å². The molecule has 2 N–H and O–H groups in total. The molecular weight excluding hydrogens is 501 g/mol. The predicted octanol–water partition coefficient (Wildman–Crippen LogP) is 2.89. The maximum Gasteiger partial charge on any atom is 0.471 e. The number of nitrogens with zero attached hydrogens (tertiary/aromatic N) is 4. The predicted molar refractivity (Wildman–Crippen MR) is 130 cm³/mol. The SMILES string of the molecule is CC(C)(C)[C@H](NC(=O)C(F)(F)F)C(=O)N1C[C@H]2[C@@H]([C@H]1C(=O)NC(C#N)c1cncc3cnccc13)C2(C)C. The Bertz CT molecular complexity index is 1320. The number of rotatable bonds is 5. The van der Waals surface area contributed by atoms with Gasteiger partial charge in [0, 0.05) is 42.3 Å². The van der Waals surface area contributed by atoms with Crippen molar-refractivity contribution in [1.29, 1.82) is 5.26 Å². The van der Waals surface area contributed by atoms with Crippen LogP contribution in [0.2, 0.25) is 0 Å². The Morgan fingerprint density at radius 1 is 1.13 bits per heavy atom. The first-order valence-electron chi connectivity index (χ1n) is 12.1. The number of hydrogen-bond donors (Lipinski definition) is 2.